The fourth-order valence-corrected chi connectivity index (χ4v) is 3.34. The van der Waals surface area contributed by atoms with Crippen molar-refractivity contribution >= 4 is 17.4 Å². The summed E-state index contributed by atoms with van der Waals surface area (Å²) in [7, 11) is 0. The Morgan fingerprint density at radius 2 is 2.11 bits per heavy atom. The Labute approximate surface area is 162 Å². The summed E-state index contributed by atoms with van der Waals surface area (Å²) >= 11 is 0. The fourth-order valence-electron chi connectivity index (χ4n) is 3.34. The van der Waals surface area contributed by atoms with Gasteiger partial charge in [-0.2, -0.15) is 5.26 Å². The van der Waals surface area contributed by atoms with Crippen LogP contribution >= 0.6 is 0 Å². The zero-order valence-electron chi connectivity index (χ0n) is 15.2. The first-order chi connectivity index (χ1) is 13.5. The van der Waals surface area contributed by atoms with Gasteiger partial charge in [0.15, 0.2) is 0 Å². The number of nitro groups is 1. The standard InChI is InChI=1S/C19H20N6O3/c20-12-15-3-1-6-22-19(15)24-8-2-7-23(9-10-24)13-16-5-4-14(18(21)26)11-17(16)25(27)28/h1,3-6,11H,2,7-10,13H2,(H2,21,26). The highest BCUT2D eigenvalue weighted by molar-refractivity contribution is 5.93. The number of nitro benzene ring substituents is 1. The summed E-state index contributed by atoms with van der Waals surface area (Å²) in [5.74, 6) is -0.0210. The summed E-state index contributed by atoms with van der Waals surface area (Å²) in [6.45, 7) is 3.26. The molecular formula is C19H20N6O3. The molecule has 1 aromatic heterocycles. The van der Waals surface area contributed by atoms with Crippen molar-refractivity contribution in [3.8, 4) is 6.07 Å². The summed E-state index contributed by atoms with van der Waals surface area (Å²) in [5.41, 5.74) is 6.32. The number of benzene rings is 1. The molecule has 0 atom stereocenters. The van der Waals surface area contributed by atoms with Crippen LogP contribution in [0.1, 0.15) is 27.9 Å². The second kappa shape index (κ2) is 8.45. The van der Waals surface area contributed by atoms with Crippen LogP contribution < -0.4 is 10.6 Å². The van der Waals surface area contributed by atoms with Crippen LogP contribution in [0.2, 0.25) is 0 Å². The number of aromatic nitrogens is 1. The molecule has 2 aromatic rings. The summed E-state index contributed by atoms with van der Waals surface area (Å²) in [6.07, 6.45) is 2.51. The van der Waals surface area contributed by atoms with Crippen LogP contribution in [0, 0.1) is 21.4 Å². The minimum atomic E-state index is -0.691. The van der Waals surface area contributed by atoms with Crippen LogP contribution in [0.4, 0.5) is 11.5 Å². The third-order valence-electron chi connectivity index (χ3n) is 4.76. The molecule has 0 unspecified atom stereocenters. The van der Waals surface area contributed by atoms with Gasteiger partial charge in [0.2, 0.25) is 5.91 Å². The zero-order valence-corrected chi connectivity index (χ0v) is 15.2. The Balaban J connectivity index is 1.74. The number of nitrogens with zero attached hydrogens (tertiary/aromatic N) is 5. The molecule has 0 bridgehead atoms. The van der Waals surface area contributed by atoms with Crippen molar-refractivity contribution in [3.63, 3.8) is 0 Å². The average Bonchev–Trinajstić information content (AvgIpc) is 2.93. The molecule has 2 heterocycles. The van der Waals surface area contributed by atoms with E-state index in [1.165, 1.54) is 12.1 Å². The number of nitriles is 1. The van der Waals surface area contributed by atoms with Crippen molar-refractivity contribution in [3.05, 3.63) is 63.3 Å². The van der Waals surface area contributed by atoms with Crippen molar-refractivity contribution in [2.45, 2.75) is 13.0 Å². The molecule has 144 valence electrons. The van der Waals surface area contributed by atoms with Gasteiger partial charge in [-0.05, 0) is 24.6 Å². The van der Waals surface area contributed by atoms with Gasteiger partial charge in [0.25, 0.3) is 5.69 Å². The van der Waals surface area contributed by atoms with Crippen LogP contribution in [-0.2, 0) is 6.54 Å². The first kappa shape index (κ1) is 19.3. The minimum absolute atomic E-state index is 0.103. The van der Waals surface area contributed by atoms with E-state index in [-0.39, 0.29) is 11.3 Å². The molecule has 1 aliphatic rings. The number of rotatable bonds is 5. The van der Waals surface area contributed by atoms with Crippen molar-refractivity contribution in [2.75, 3.05) is 31.1 Å². The number of primary amides is 1. The number of pyridine rings is 1. The van der Waals surface area contributed by atoms with Gasteiger partial charge in [-0.1, -0.05) is 6.07 Å². The SMILES string of the molecule is N#Cc1cccnc1N1CCCN(Cc2ccc(C(N)=O)cc2[N+](=O)[O-])CC1. The molecule has 3 rings (SSSR count). The highest BCUT2D eigenvalue weighted by Crippen LogP contribution is 2.24. The lowest BCUT2D eigenvalue weighted by Crippen LogP contribution is -2.31. The third-order valence-corrected chi connectivity index (χ3v) is 4.76. The predicted molar refractivity (Wildman–Crippen MR) is 103 cm³/mol. The number of hydrogen-bond acceptors (Lipinski definition) is 7. The van der Waals surface area contributed by atoms with Crippen molar-refractivity contribution in [2.24, 2.45) is 5.73 Å². The molecule has 0 radical (unpaired) electrons. The number of hydrogen-bond donors (Lipinski definition) is 1. The topological polar surface area (TPSA) is 129 Å². The van der Waals surface area contributed by atoms with E-state index in [1.807, 2.05) is 0 Å². The Bertz CT molecular complexity index is 940. The molecule has 1 fully saturated rings. The van der Waals surface area contributed by atoms with Crippen LogP contribution in [0.25, 0.3) is 0 Å². The van der Waals surface area contributed by atoms with Gasteiger partial charge in [0.05, 0.1) is 10.5 Å². The molecule has 28 heavy (non-hydrogen) atoms. The molecule has 1 saturated heterocycles. The number of carbonyl (C=O) groups excluding carboxylic acids is 1. The van der Waals surface area contributed by atoms with E-state index in [2.05, 4.69) is 20.9 Å². The Hall–Kier alpha value is -3.51. The van der Waals surface area contributed by atoms with E-state index in [1.54, 1.807) is 24.4 Å². The summed E-state index contributed by atoms with van der Waals surface area (Å²) in [5, 5.41) is 20.7. The highest BCUT2D eigenvalue weighted by Gasteiger charge is 2.22. The van der Waals surface area contributed by atoms with Gasteiger partial charge in [-0.25, -0.2) is 4.98 Å². The highest BCUT2D eigenvalue weighted by atomic mass is 16.6. The predicted octanol–water partition coefficient (Wildman–Crippen LogP) is 1.67. The molecule has 0 spiro atoms. The molecular weight excluding hydrogens is 360 g/mol. The maximum atomic E-state index is 11.4. The summed E-state index contributed by atoms with van der Waals surface area (Å²) in [4.78, 5) is 30.8. The van der Waals surface area contributed by atoms with Crippen LogP contribution in [0.15, 0.2) is 36.5 Å². The zero-order chi connectivity index (χ0) is 20.1. The summed E-state index contributed by atoms with van der Waals surface area (Å²) < 4.78 is 0. The van der Waals surface area contributed by atoms with E-state index in [9.17, 15) is 20.2 Å². The van der Waals surface area contributed by atoms with Gasteiger partial charge in [-0.3, -0.25) is 19.8 Å². The van der Waals surface area contributed by atoms with E-state index in [0.717, 1.165) is 19.5 Å². The first-order valence-corrected chi connectivity index (χ1v) is 8.89. The quantitative estimate of drug-likeness (QED) is 0.617. The summed E-state index contributed by atoms with van der Waals surface area (Å²) in [6, 6.07) is 9.99. The van der Waals surface area contributed by atoms with Crippen molar-refractivity contribution in [1.82, 2.24) is 9.88 Å². The molecule has 1 aromatic carbocycles. The monoisotopic (exact) mass is 380 g/mol. The van der Waals surface area contributed by atoms with Gasteiger partial charge < -0.3 is 10.6 Å². The fraction of sp³-hybridized carbons (Fsp3) is 0.316. The van der Waals surface area contributed by atoms with E-state index in [4.69, 9.17) is 5.73 Å². The molecule has 9 nitrogen and oxygen atoms in total. The van der Waals surface area contributed by atoms with Crippen molar-refractivity contribution < 1.29 is 9.72 Å². The Morgan fingerprint density at radius 1 is 1.29 bits per heavy atom. The van der Waals surface area contributed by atoms with E-state index in [0.29, 0.717) is 36.6 Å². The molecule has 1 amide bonds. The molecule has 0 aliphatic carbocycles. The average molecular weight is 380 g/mol. The normalized spacial score (nSPS) is 14.9. The number of carbonyl (C=O) groups is 1. The van der Waals surface area contributed by atoms with Crippen molar-refractivity contribution in [1.29, 1.82) is 5.26 Å². The lowest BCUT2D eigenvalue weighted by atomic mass is 10.1. The largest absolute Gasteiger partial charge is 0.366 e. The van der Waals surface area contributed by atoms with Crippen LogP contribution in [0.3, 0.4) is 0 Å². The van der Waals surface area contributed by atoms with E-state index < -0.39 is 10.8 Å². The Kier molecular flexibility index (Phi) is 5.81. The lowest BCUT2D eigenvalue weighted by Gasteiger charge is -2.23. The third kappa shape index (κ3) is 4.24. The Morgan fingerprint density at radius 3 is 2.82 bits per heavy atom. The minimum Gasteiger partial charge on any atom is -0.366 e. The molecule has 0 saturated carbocycles. The van der Waals surface area contributed by atoms with Crippen LogP contribution in [0.5, 0.6) is 0 Å². The number of amides is 1. The maximum Gasteiger partial charge on any atom is 0.274 e. The van der Waals surface area contributed by atoms with Gasteiger partial charge in [0.1, 0.15) is 11.9 Å². The molecule has 1 aliphatic heterocycles. The van der Waals surface area contributed by atoms with Gasteiger partial charge in [0, 0.05) is 56.1 Å². The first-order valence-electron chi connectivity index (χ1n) is 8.89. The molecule has 9 heteroatoms. The second-order valence-corrected chi connectivity index (χ2v) is 6.57. The number of nitrogens with two attached hydrogens (primary N) is 1. The van der Waals surface area contributed by atoms with Gasteiger partial charge in [-0.15, -0.1) is 0 Å². The second-order valence-electron chi connectivity index (χ2n) is 6.57. The van der Waals surface area contributed by atoms with E-state index >= 15 is 0 Å². The lowest BCUT2D eigenvalue weighted by molar-refractivity contribution is -0.385. The number of anilines is 1. The molecule has 2 N–H and O–H groups in total. The van der Waals surface area contributed by atoms with Crippen LogP contribution in [-0.4, -0.2) is 46.9 Å². The smallest absolute Gasteiger partial charge is 0.274 e. The maximum absolute atomic E-state index is 11.4. The van der Waals surface area contributed by atoms with Gasteiger partial charge >= 0.3 is 0 Å².